The second kappa shape index (κ2) is 6.75. The zero-order valence-electron chi connectivity index (χ0n) is 12.4. The summed E-state index contributed by atoms with van der Waals surface area (Å²) in [5.74, 6) is 0.547. The molecule has 1 unspecified atom stereocenters. The Morgan fingerprint density at radius 1 is 1.50 bits per heavy atom. The Morgan fingerprint density at radius 2 is 2.29 bits per heavy atom. The molecule has 1 aliphatic rings. The zero-order valence-corrected chi connectivity index (χ0v) is 14.7. The van der Waals surface area contributed by atoms with Crippen molar-refractivity contribution in [1.82, 2.24) is 19.9 Å². The van der Waals surface area contributed by atoms with E-state index in [-0.39, 0.29) is 18.2 Å². The van der Waals surface area contributed by atoms with Gasteiger partial charge in [-0.25, -0.2) is 14.8 Å². The summed E-state index contributed by atoms with van der Waals surface area (Å²) in [7, 11) is 0. The maximum Gasteiger partial charge on any atom is 0.407 e. The number of anilines is 1. The van der Waals surface area contributed by atoms with Crippen LogP contribution in [-0.2, 0) is 0 Å². The zero-order chi connectivity index (χ0) is 17.3. The minimum absolute atomic E-state index is 0.0925. The number of carbonyl (C=O) groups is 1. The molecule has 10 heteroatoms. The van der Waals surface area contributed by atoms with E-state index in [4.69, 9.17) is 16.9 Å². The maximum atomic E-state index is 11.3. The van der Waals surface area contributed by atoms with Crippen molar-refractivity contribution in [3.05, 3.63) is 22.0 Å². The Balaban J connectivity index is 1.99. The Morgan fingerprint density at radius 3 is 3.00 bits per heavy atom. The van der Waals surface area contributed by atoms with E-state index in [1.807, 2.05) is 11.0 Å². The summed E-state index contributed by atoms with van der Waals surface area (Å²) < 4.78 is 0.772. The minimum Gasteiger partial charge on any atom is -0.465 e. The molecule has 0 spiro atoms. The van der Waals surface area contributed by atoms with E-state index in [1.54, 1.807) is 12.3 Å². The predicted molar refractivity (Wildman–Crippen MR) is 91.0 cm³/mol. The van der Waals surface area contributed by atoms with Gasteiger partial charge in [-0.15, -0.1) is 0 Å². The van der Waals surface area contributed by atoms with Crippen LogP contribution in [-0.4, -0.2) is 56.7 Å². The molecule has 3 rings (SSSR count). The van der Waals surface area contributed by atoms with Crippen molar-refractivity contribution in [3.8, 4) is 6.07 Å². The summed E-state index contributed by atoms with van der Waals surface area (Å²) in [5.41, 5.74) is 1.18. The number of hydrogen-bond donors (Lipinski definition) is 1. The van der Waals surface area contributed by atoms with Crippen molar-refractivity contribution in [2.75, 3.05) is 24.5 Å². The first kappa shape index (κ1) is 16.7. The second-order valence-corrected chi connectivity index (χ2v) is 6.53. The fraction of sp³-hybridized carbons (Fsp3) is 0.357. The molecule has 1 aliphatic heterocycles. The molecule has 1 saturated heterocycles. The SMILES string of the molecule is N#CCC1CN(c2nc(Cl)nc3cc(Br)cnc23)CCN1C(=O)O. The lowest BCUT2D eigenvalue weighted by Crippen LogP contribution is -2.55. The number of halogens is 2. The average molecular weight is 412 g/mol. The molecule has 3 heterocycles. The van der Waals surface area contributed by atoms with Gasteiger partial charge in [0, 0.05) is 30.3 Å². The normalized spacial score (nSPS) is 17.8. The third kappa shape index (κ3) is 3.20. The van der Waals surface area contributed by atoms with Crippen LogP contribution in [0.5, 0.6) is 0 Å². The Kier molecular flexibility index (Phi) is 4.69. The van der Waals surface area contributed by atoms with Crippen LogP contribution < -0.4 is 4.90 Å². The van der Waals surface area contributed by atoms with Crippen LogP contribution in [0, 0.1) is 11.3 Å². The monoisotopic (exact) mass is 410 g/mol. The number of hydrogen-bond acceptors (Lipinski definition) is 6. The van der Waals surface area contributed by atoms with Crippen LogP contribution in [0.25, 0.3) is 11.0 Å². The molecule has 1 fully saturated rings. The number of rotatable bonds is 2. The fourth-order valence-electron chi connectivity index (χ4n) is 2.75. The number of pyridine rings is 1. The largest absolute Gasteiger partial charge is 0.465 e. The van der Waals surface area contributed by atoms with Crippen molar-refractivity contribution >= 4 is 50.5 Å². The van der Waals surface area contributed by atoms with Gasteiger partial charge in [0.2, 0.25) is 5.28 Å². The van der Waals surface area contributed by atoms with Crippen LogP contribution in [0.15, 0.2) is 16.7 Å². The van der Waals surface area contributed by atoms with Crippen LogP contribution in [0.4, 0.5) is 10.6 Å². The number of nitrogens with zero attached hydrogens (tertiary/aromatic N) is 6. The number of nitriles is 1. The maximum absolute atomic E-state index is 11.3. The molecular weight excluding hydrogens is 400 g/mol. The van der Waals surface area contributed by atoms with Crippen molar-refractivity contribution in [2.45, 2.75) is 12.5 Å². The standard InChI is InChI=1S/C14H12BrClN6O2/c15-8-5-10-11(18-6-8)12(20-13(16)19-10)21-3-4-22(14(23)24)9(7-21)1-2-17/h5-6,9H,1,3-4,7H2,(H,23,24). The number of amides is 1. The summed E-state index contributed by atoms with van der Waals surface area (Å²) in [6, 6.07) is 3.40. The van der Waals surface area contributed by atoms with Crippen LogP contribution in [0.2, 0.25) is 5.28 Å². The molecule has 1 N–H and O–H groups in total. The lowest BCUT2D eigenvalue weighted by atomic mass is 10.1. The van der Waals surface area contributed by atoms with E-state index >= 15 is 0 Å². The second-order valence-electron chi connectivity index (χ2n) is 5.28. The summed E-state index contributed by atoms with van der Waals surface area (Å²) >= 11 is 9.37. The Labute approximate surface area is 150 Å². The molecule has 24 heavy (non-hydrogen) atoms. The van der Waals surface area contributed by atoms with Gasteiger partial charge in [-0.05, 0) is 33.6 Å². The van der Waals surface area contributed by atoms with Gasteiger partial charge in [0.25, 0.3) is 0 Å². The molecule has 2 aromatic rings. The molecule has 8 nitrogen and oxygen atoms in total. The highest BCUT2D eigenvalue weighted by Gasteiger charge is 2.31. The third-order valence-corrected chi connectivity index (χ3v) is 4.41. The minimum atomic E-state index is -1.03. The third-order valence-electron chi connectivity index (χ3n) is 3.81. The molecule has 1 atom stereocenters. The lowest BCUT2D eigenvalue weighted by Gasteiger charge is -2.39. The van der Waals surface area contributed by atoms with Gasteiger partial charge in [0.15, 0.2) is 5.82 Å². The molecule has 0 aliphatic carbocycles. The molecule has 0 radical (unpaired) electrons. The molecule has 0 bridgehead atoms. The first-order valence-electron chi connectivity index (χ1n) is 7.10. The summed E-state index contributed by atoms with van der Waals surface area (Å²) in [6.07, 6.45) is 0.726. The topological polar surface area (TPSA) is 106 Å². The van der Waals surface area contributed by atoms with Crippen molar-refractivity contribution in [3.63, 3.8) is 0 Å². The number of carboxylic acid groups (broad SMARTS) is 1. The smallest absolute Gasteiger partial charge is 0.407 e. The van der Waals surface area contributed by atoms with E-state index in [1.165, 1.54) is 4.90 Å². The Hall–Kier alpha value is -2.18. The molecule has 1 amide bonds. The predicted octanol–water partition coefficient (Wildman–Crippen LogP) is 2.52. The van der Waals surface area contributed by atoms with E-state index < -0.39 is 12.1 Å². The van der Waals surface area contributed by atoms with Crippen molar-refractivity contribution in [2.24, 2.45) is 0 Å². The average Bonchev–Trinajstić information content (AvgIpc) is 2.53. The van der Waals surface area contributed by atoms with E-state index in [9.17, 15) is 9.90 Å². The lowest BCUT2D eigenvalue weighted by molar-refractivity contribution is 0.119. The van der Waals surface area contributed by atoms with E-state index in [0.717, 1.165) is 4.47 Å². The quantitative estimate of drug-likeness (QED) is 0.757. The first-order valence-corrected chi connectivity index (χ1v) is 8.27. The van der Waals surface area contributed by atoms with Gasteiger partial charge in [-0.1, -0.05) is 0 Å². The van der Waals surface area contributed by atoms with Crippen LogP contribution in [0.1, 0.15) is 6.42 Å². The fourth-order valence-corrected chi connectivity index (χ4v) is 3.24. The summed E-state index contributed by atoms with van der Waals surface area (Å²) in [6.45, 7) is 1.07. The van der Waals surface area contributed by atoms with Gasteiger partial charge in [-0.3, -0.25) is 0 Å². The molecule has 0 aromatic carbocycles. The van der Waals surface area contributed by atoms with Crippen LogP contribution >= 0.6 is 27.5 Å². The molecular formula is C14H12BrClN6O2. The number of piperazine rings is 1. The van der Waals surface area contributed by atoms with Gasteiger partial charge < -0.3 is 14.9 Å². The number of fused-ring (bicyclic) bond motifs is 1. The number of aromatic nitrogens is 3. The van der Waals surface area contributed by atoms with Gasteiger partial charge >= 0.3 is 6.09 Å². The highest BCUT2D eigenvalue weighted by Crippen LogP contribution is 2.28. The highest BCUT2D eigenvalue weighted by molar-refractivity contribution is 9.10. The Bertz CT molecular complexity index is 837. The van der Waals surface area contributed by atoms with Gasteiger partial charge in [0.1, 0.15) is 5.52 Å². The van der Waals surface area contributed by atoms with Crippen molar-refractivity contribution < 1.29 is 9.90 Å². The van der Waals surface area contributed by atoms with Crippen LogP contribution in [0.3, 0.4) is 0 Å². The molecule has 2 aromatic heterocycles. The summed E-state index contributed by atoms with van der Waals surface area (Å²) in [5, 5.41) is 18.3. The van der Waals surface area contributed by atoms with Gasteiger partial charge in [-0.2, -0.15) is 10.2 Å². The summed E-state index contributed by atoms with van der Waals surface area (Å²) in [4.78, 5) is 27.3. The molecule has 124 valence electrons. The molecule has 0 saturated carbocycles. The highest BCUT2D eigenvalue weighted by atomic mass is 79.9. The van der Waals surface area contributed by atoms with E-state index in [0.29, 0.717) is 29.9 Å². The first-order chi connectivity index (χ1) is 11.5. The van der Waals surface area contributed by atoms with Crippen molar-refractivity contribution in [1.29, 1.82) is 5.26 Å². The van der Waals surface area contributed by atoms with Gasteiger partial charge in [0.05, 0.1) is 24.0 Å². The van der Waals surface area contributed by atoms with E-state index in [2.05, 4.69) is 30.9 Å².